The quantitative estimate of drug-likeness (QED) is 0.522. The Morgan fingerprint density at radius 3 is 2.29 bits per heavy atom. The van der Waals surface area contributed by atoms with E-state index < -0.39 is 0 Å². The van der Waals surface area contributed by atoms with Crippen LogP contribution in [-0.4, -0.2) is 69.6 Å². The standard InChI is InChI=1S/C10H22N2O2/c1-10(13)9-14-8-7-12(4)6-5-11(2)3/h5-9H2,1-4H3. The summed E-state index contributed by atoms with van der Waals surface area (Å²) in [5.74, 6) is 0.0842. The van der Waals surface area contributed by atoms with Crippen molar-refractivity contribution in [1.29, 1.82) is 0 Å². The Kier molecular flexibility index (Phi) is 7.65. The number of nitrogens with zero attached hydrogens (tertiary/aromatic N) is 2. The summed E-state index contributed by atoms with van der Waals surface area (Å²) in [4.78, 5) is 14.9. The summed E-state index contributed by atoms with van der Waals surface area (Å²) in [6.07, 6.45) is 0. The van der Waals surface area contributed by atoms with Crippen molar-refractivity contribution in [2.24, 2.45) is 0 Å². The SMILES string of the molecule is CC(=O)COCCN(C)CCN(C)C. The van der Waals surface area contributed by atoms with E-state index in [-0.39, 0.29) is 12.4 Å². The van der Waals surface area contributed by atoms with Gasteiger partial charge in [-0.2, -0.15) is 0 Å². The third kappa shape index (κ3) is 9.64. The predicted octanol–water partition coefficient (Wildman–Crippen LogP) is 0.0854. The lowest BCUT2D eigenvalue weighted by Gasteiger charge is -2.18. The van der Waals surface area contributed by atoms with Gasteiger partial charge >= 0.3 is 0 Å². The first-order valence-corrected chi connectivity index (χ1v) is 4.93. The number of carbonyl (C=O) groups is 1. The van der Waals surface area contributed by atoms with Crippen molar-refractivity contribution in [3.63, 3.8) is 0 Å². The minimum atomic E-state index is 0.0842. The third-order valence-corrected chi connectivity index (χ3v) is 1.85. The molecular formula is C10H22N2O2. The van der Waals surface area contributed by atoms with Crippen molar-refractivity contribution in [2.45, 2.75) is 6.92 Å². The zero-order valence-electron chi connectivity index (χ0n) is 9.75. The summed E-state index contributed by atoms with van der Waals surface area (Å²) in [6, 6.07) is 0. The Morgan fingerprint density at radius 2 is 1.79 bits per heavy atom. The second-order valence-electron chi connectivity index (χ2n) is 3.86. The van der Waals surface area contributed by atoms with Gasteiger partial charge < -0.3 is 14.5 Å². The number of rotatable bonds is 8. The summed E-state index contributed by atoms with van der Waals surface area (Å²) in [7, 11) is 6.17. The molecule has 0 radical (unpaired) electrons. The van der Waals surface area contributed by atoms with Crippen LogP contribution in [0.25, 0.3) is 0 Å². The van der Waals surface area contributed by atoms with Gasteiger partial charge in [0.25, 0.3) is 0 Å². The molecule has 0 rings (SSSR count). The summed E-state index contributed by atoms with van der Waals surface area (Å²) in [5.41, 5.74) is 0. The smallest absolute Gasteiger partial charge is 0.155 e. The minimum Gasteiger partial charge on any atom is -0.372 e. The Labute approximate surface area is 86.8 Å². The Morgan fingerprint density at radius 1 is 1.14 bits per heavy atom. The monoisotopic (exact) mass is 202 g/mol. The highest BCUT2D eigenvalue weighted by Crippen LogP contribution is 1.85. The maximum atomic E-state index is 10.6. The molecule has 14 heavy (non-hydrogen) atoms. The number of likely N-dealkylation sites (N-methyl/N-ethyl adjacent to an activating group) is 2. The topological polar surface area (TPSA) is 32.8 Å². The molecule has 0 aromatic rings. The number of ether oxygens (including phenoxy) is 1. The first-order chi connectivity index (χ1) is 6.52. The first-order valence-electron chi connectivity index (χ1n) is 4.93. The van der Waals surface area contributed by atoms with E-state index in [9.17, 15) is 4.79 Å². The highest BCUT2D eigenvalue weighted by molar-refractivity contribution is 5.76. The molecule has 0 fully saturated rings. The van der Waals surface area contributed by atoms with Crippen molar-refractivity contribution in [2.75, 3.05) is 54.0 Å². The highest BCUT2D eigenvalue weighted by Gasteiger charge is 1.99. The van der Waals surface area contributed by atoms with Crippen molar-refractivity contribution < 1.29 is 9.53 Å². The zero-order chi connectivity index (χ0) is 11.0. The number of ketones is 1. The van der Waals surface area contributed by atoms with Crippen LogP contribution < -0.4 is 0 Å². The molecule has 0 amide bonds. The molecule has 84 valence electrons. The first kappa shape index (κ1) is 13.5. The molecule has 0 N–H and O–H groups in total. The summed E-state index contributed by atoms with van der Waals surface area (Å²) in [5, 5.41) is 0. The van der Waals surface area contributed by atoms with Crippen LogP contribution in [0.1, 0.15) is 6.92 Å². The predicted molar refractivity (Wildman–Crippen MR) is 57.6 cm³/mol. The van der Waals surface area contributed by atoms with E-state index in [0.29, 0.717) is 6.61 Å². The van der Waals surface area contributed by atoms with Crippen LogP contribution >= 0.6 is 0 Å². The molecule has 0 aliphatic heterocycles. The van der Waals surface area contributed by atoms with Crippen molar-refractivity contribution in [1.82, 2.24) is 9.80 Å². The molecular weight excluding hydrogens is 180 g/mol. The number of hydrogen-bond acceptors (Lipinski definition) is 4. The second kappa shape index (κ2) is 7.91. The van der Waals surface area contributed by atoms with Gasteiger partial charge in [0.05, 0.1) is 6.61 Å². The highest BCUT2D eigenvalue weighted by atomic mass is 16.5. The molecule has 0 aliphatic rings. The lowest BCUT2D eigenvalue weighted by atomic mass is 10.5. The minimum absolute atomic E-state index is 0.0842. The van der Waals surface area contributed by atoms with E-state index in [1.54, 1.807) is 0 Å². The van der Waals surface area contributed by atoms with Gasteiger partial charge in [-0.05, 0) is 28.1 Å². The molecule has 0 aromatic carbocycles. The number of hydrogen-bond donors (Lipinski definition) is 0. The summed E-state index contributed by atoms with van der Waals surface area (Å²) in [6.45, 7) is 5.35. The van der Waals surface area contributed by atoms with Crippen LogP contribution in [0.15, 0.2) is 0 Å². The average molecular weight is 202 g/mol. The van der Waals surface area contributed by atoms with Crippen molar-refractivity contribution >= 4 is 5.78 Å². The van der Waals surface area contributed by atoms with E-state index in [4.69, 9.17) is 4.74 Å². The fourth-order valence-corrected chi connectivity index (χ4v) is 0.919. The molecule has 0 bridgehead atoms. The third-order valence-electron chi connectivity index (χ3n) is 1.85. The van der Waals surface area contributed by atoms with E-state index >= 15 is 0 Å². The molecule has 0 aliphatic carbocycles. The molecule has 4 nitrogen and oxygen atoms in total. The van der Waals surface area contributed by atoms with Gasteiger partial charge in [0.15, 0.2) is 5.78 Å². The summed E-state index contributed by atoms with van der Waals surface area (Å²) >= 11 is 0. The van der Waals surface area contributed by atoms with Gasteiger partial charge in [-0.15, -0.1) is 0 Å². The molecule has 0 heterocycles. The molecule has 0 unspecified atom stereocenters. The van der Waals surface area contributed by atoms with Gasteiger partial charge in [0.1, 0.15) is 6.61 Å². The largest absolute Gasteiger partial charge is 0.372 e. The van der Waals surface area contributed by atoms with E-state index in [1.165, 1.54) is 6.92 Å². The molecule has 0 saturated heterocycles. The maximum Gasteiger partial charge on any atom is 0.155 e. The van der Waals surface area contributed by atoms with E-state index in [1.807, 2.05) is 0 Å². The van der Waals surface area contributed by atoms with Crippen LogP contribution in [0.5, 0.6) is 0 Å². The summed E-state index contributed by atoms with van der Waals surface area (Å²) < 4.78 is 5.17. The van der Waals surface area contributed by atoms with Crippen LogP contribution in [0.4, 0.5) is 0 Å². The van der Waals surface area contributed by atoms with Crippen LogP contribution in [0, 0.1) is 0 Å². The normalized spacial score (nSPS) is 11.3. The maximum absolute atomic E-state index is 10.6. The Hall–Kier alpha value is -0.450. The second-order valence-corrected chi connectivity index (χ2v) is 3.86. The fourth-order valence-electron chi connectivity index (χ4n) is 0.919. The van der Waals surface area contributed by atoms with Crippen LogP contribution in [0.2, 0.25) is 0 Å². The number of carbonyl (C=O) groups excluding carboxylic acids is 1. The Bertz CT molecular complexity index is 160. The van der Waals surface area contributed by atoms with Gasteiger partial charge in [-0.25, -0.2) is 0 Å². The van der Waals surface area contributed by atoms with Crippen LogP contribution in [-0.2, 0) is 9.53 Å². The molecule has 0 atom stereocenters. The zero-order valence-corrected chi connectivity index (χ0v) is 9.75. The average Bonchev–Trinajstić information content (AvgIpc) is 2.08. The van der Waals surface area contributed by atoms with Gasteiger partial charge in [0.2, 0.25) is 0 Å². The van der Waals surface area contributed by atoms with Gasteiger partial charge in [0, 0.05) is 19.6 Å². The van der Waals surface area contributed by atoms with Gasteiger partial charge in [-0.3, -0.25) is 4.79 Å². The Balaban J connectivity index is 3.26. The van der Waals surface area contributed by atoms with Crippen molar-refractivity contribution in [3.8, 4) is 0 Å². The molecule has 0 saturated carbocycles. The lowest BCUT2D eigenvalue weighted by Crippen LogP contribution is -2.31. The molecule has 0 aromatic heterocycles. The van der Waals surface area contributed by atoms with Gasteiger partial charge in [-0.1, -0.05) is 0 Å². The fraction of sp³-hybridized carbons (Fsp3) is 0.900. The molecule has 0 spiro atoms. The van der Waals surface area contributed by atoms with Crippen LogP contribution in [0.3, 0.4) is 0 Å². The van der Waals surface area contributed by atoms with E-state index in [2.05, 4.69) is 30.9 Å². The van der Waals surface area contributed by atoms with Crippen molar-refractivity contribution in [3.05, 3.63) is 0 Å². The lowest BCUT2D eigenvalue weighted by molar-refractivity contribution is -0.121. The molecule has 4 heteroatoms. The number of Topliss-reactive ketones (excluding diaryl/α,β-unsaturated/α-hetero) is 1. The van der Waals surface area contributed by atoms with E-state index in [0.717, 1.165) is 19.6 Å².